The molecule has 0 radical (unpaired) electrons. The molecule has 0 saturated carbocycles. The lowest BCUT2D eigenvalue weighted by atomic mass is 9.98. The number of para-hydroxylation sites is 1. The molecule has 0 atom stereocenters. The van der Waals surface area contributed by atoms with E-state index in [2.05, 4.69) is 0 Å². The first-order valence-corrected chi connectivity index (χ1v) is 15.6. The van der Waals surface area contributed by atoms with Gasteiger partial charge in [-0.05, 0) is 51.6 Å². The maximum atomic E-state index is 9.31. The third-order valence-electron chi connectivity index (χ3n) is 8.32. The zero-order chi connectivity index (χ0) is 40.4. The summed E-state index contributed by atoms with van der Waals surface area (Å²) in [5, 5.41) is 1.47. The van der Waals surface area contributed by atoms with Gasteiger partial charge in [0.2, 0.25) is 0 Å². The minimum absolute atomic E-state index is 0.0511. The van der Waals surface area contributed by atoms with E-state index < -0.39 is 18.1 Å². The first kappa shape index (κ1) is 20.6. The van der Waals surface area contributed by atoms with Crippen LogP contribution in [0.5, 0.6) is 0 Å². The summed E-state index contributed by atoms with van der Waals surface area (Å²) in [5.74, 6) is 0.312. The minimum Gasteiger partial charge on any atom is -0.456 e. The van der Waals surface area contributed by atoms with Crippen molar-refractivity contribution in [1.82, 2.24) is 15.0 Å². The highest BCUT2D eigenvalue weighted by atomic mass is 16.3. The Labute approximate surface area is 296 Å². The highest BCUT2D eigenvalue weighted by Gasteiger charge is 2.15. The molecule has 0 N–H and O–H groups in total. The number of benzene rings is 7. The van der Waals surface area contributed by atoms with Crippen molar-refractivity contribution in [2.75, 3.05) is 0 Å². The number of furan rings is 1. The molecule has 0 aliphatic heterocycles. The van der Waals surface area contributed by atoms with E-state index >= 15 is 0 Å². The van der Waals surface area contributed by atoms with Crippen molar-refractivity contribution < 1.29 is 16.8 Å². The topological polar surface area (TPSA) is 51.8 Å². The van der Waals surface area contributed by atoms with Gasteiger partial charge in [-0.3, -0.25) is 0 Å². The standard InChI is InChI=1S/C45H29N3O/c1-3-11-30(12-4-1)32-21-25-34(26-22-32)43-46-44(48-45(47-43)37-16-9-15-36(29-37)31-13-5-2-6-14-31)35-27-23-33(24-28-35)38-18-10-20-41-42(38)39-17-7-8-19-40(39)49-41/h1-29H/i1D,3D,4D,11D,12D,23D,24D,27D,28D. The Kier molecular flexibility index (Phi) is 5.11. The average molecular weight is 637 g/mol. The number of aromatic nitrogens is 3. The van der Waals surface area contributed by atoms with Gasteiger partial charge in [0.15, 0.2) is 17.5 Å². The molecule has 0 fully saturated rings. The third kappa shape index (κ3) is 5.45. The van der Waals surface area contributed by atoms with Gasteiger partial charge in [-0.1, -0.05) is 158 Å². The zero-order valence-corrected chi connectivity index (χ0v) is 25.8. The predicted octanol–water partition coefficient (Wildman–Crippen LogP) is 11.8. The number of hydrogen-bond donors (Lipinski definition) is 0. The van der Waals surface area contributed by atoms with Gasteiger partial charge in [-0.15, -0.1) is 0 Å². The number of fused-ring (bicyclic) bond motifs is 3. The van der Waals surface area contributed by atoms with Gasteiger partial charge < -0.3 is 4.42 Å². The highest BCUT2D eigenvalue weighted by molar-refractivity contribution is 6.12. The highest BCUT2D eigenvalue weighted by Crippen LogP contribution is 2.37. The summed E-state index contributed by atoms with van der Waals surface area (Å²) in [6, 6.07) is 33.5. The van der Waals surface area contributed by atoms with Crippen LogP contribution in [0.15, 0.2) is 180 Å². The Morgan fingerprint density at radius 3 is 1.76 bits per heavy atom. The van der Waals surface area contributed by atoms with Gasteiger partial charge >= 0.3 is 0 Å². The van der Waals surface area contributed by atoms with Crippen LogP contribution in [0.4, 0.5) is 0 Å². The molecule has 230 valence electrons. The Morgan fingerprint density at radius 1 is 0.388 bits per heavy atom. The summed E-state index contributed by atoms with van der Waals surface area (Å²) in [4.78, 5) is 14.4. The molecule has 4 nitrogen and oxygen atoms in total. The van der Waals surface area contributed by atoms with Crippen molar-refractivity contribution >= 4 is 21.9 Å². The van der Waals surface area contributed by atoms with Crippen molar-refractivity contribution in [2.45, 2.75) is 0 Å². The smallest absolute Gasteiger partial charge is 0.164 e. The summed E-state index contributed by atoms with van der Waals surface area (Å²) in [7, 11) is 0. The zero-order valence-electron chi connectivity index (χ0n) is 34.8. The Balaban J connectivity index is 1.23. The van der Waals surface area contributed by atoms with Crippen molar-refractivity contribution in [3.05, 3.63) is 176 Å². The van der Waals surface area contributed by atoms with E-state index in [-0.39, 0.29) is 70.4 Å². The van der Waals surface area contributed by atoms with Gasteiger partial charge in [-0.25, -0.2) is 15.0 Å². The van der Waals surface area contributed by atoms with Crippen LogP contribution in [0.1, 0.15) is 12.3 Å². The summed E-state index contributed by atoms with van der Waals surface area (Å²) in [5.41, 5.74) is 5.11. The normalized spacial score (nSPS) is 13.8. The molecule has 2 heterocycles. The first-order chi connectivity index (χ1) is 28.0. The minimum atomic E-state index is -0.480. The fraction of sp³-hybridized carbons (Fsp3) is 0. The van der Waals surface area contributed by atoms with Crippen molar-refractivity contribution in [3.63, 3.8) is 0 Å². The van der Waals surface area contributed by atoms with Crippen LogP contribution in [0.2, 0.25) is 0 Å². The van der Waals surface area contributed by atoms with E-state index in [1.54, 1.807) is 42.5 Å². The van der Waals surface area contributed by atoms with Crippen molar-refractivity contribution in [2.24, 2.45) is 0 Å². The van der Waals surface area contributed by atoms with Crippen LogP contribution in [-0.2, 0) is 0 Å². The number of hydrogen-bond acceptors (Lipinski definition) is 4. The summed E-state index contributed by atoms with van der Waals surface area (Å²) < 4.78 is 84.4. The lowest BCUT2D eigenvalue weighted by Crippen LogP contribution is -2.00. The maximum Gasteiger partial charge on any atom is 0.164 e. The summed E-state index contributed by atoms with van der Waals surface area (Å²) in [6.45, 7) is 0. The van der Waals surface area contributed by atoms with Crippen LogP contribution in [0.25, 0.3) is 89.5 Å². The van der Waals surface area contributed by atoms with Crippen LogP contribution in [0, 0.1) is 0 Å². The Hall–Kier alpha value is -6.65. The van der Waals surface area contributed by atoms with Gasteiger partial charge in [0.25, 0.3) is 0 Å². The predicted molar refractivity (Wildman–Crippen MR) is 200 cm³/mol. The molecule has 0 aliphatic rings. The second-order valence-corrected chi connectivity index (χ2v) is 11.4. The number of nitrogens with zero attached hydrogens (tertiary/aromatic N) is 3. The fourth-order valence-corrected chi connectivity index (χ4v) is 5.94. The van der Waals surface area contributed by atoms with E-state index in [1.807, 2.05) is 78.9 Å². The SMILES string of the molecule is [2H]c1c([2H])c([2H])c(-c2ccc(-c3nc(-c4cccc(-c5ccccc5)c4)nc(-c4c([2H])c([2H])c(-c5cccc6oc7ccccc7c56)c([2H])c4[2H])n3)cc2)c([2H])c1[2H]. The lowest BCUT2D eigenvalue weighted by Gasteiger charge is -2.11. The van der Waals surface area contributed by atoms with E-state index in [1.165, 1.54) is 0 Å². The molecule has 0 spiro atoms. The van der Waals surface area contributed by atoms with Gasteiger partial charge in [0.1, 0.15) is 11.2 Å². The van der Waals surface area contributed by atoms with Crippen LogP contribution >= 0.6 is 0 Å². The van der Waals surface area contributed by atoms with E-state index in [4.69, 9.17) is 26.2 Å². The molecule has 0 unspecified atom stereocenters. The molecule has 0 aliphatic carbocycles. The Bertz CT molecular complexity index is 3060. The average Bonchev–Trinajstić information content (AvgIpc) is 3.64. The monoisotopic (exact) mass is 636 g/mol. The van der Waals surface area contributed by atoms with Crippen LogP contribution < -0.4 is 0 Å². The molecular weight excluding hydrogens is 599 g/mol. The molecule has 0 bridgehead atoms. The first-order valence-electron chi connectivity index (χ1n) is 20.1. The van der Waals surface area contributed by atoms with E-state index in [0.29, 0.717) is 38.8 Å². The van der Waals surface area contributed by atoms with E-state index in [9.17, 15) is 5.48 Å². The van der Waals surface area contributed by atoms with Crippen molar-refractivity contribution in [3.8, 4) is 67.5 Å². The molecule has 4 heteroatoms. The molecule has 7 aromatic carbocycles. The summed E-state index contributed by atoms with van der Waals surface area (Å²) in [6.07, 6.45) is 0. The van der Waals surface area contributed by atoms with Crippen LogP contribution in [0.3, 0.4) is 0 Å². The molecular formula is C45H29N3O. The second kappa shape index (κ2) is 12.2. The van der Waals surface area contributed by atoms with Gasteiger partial charge in [-0.2, -0.15) is 0 Å². The quantitative estimate of drug-likeness (QED) is 0.182. The maximum absolute atomic E-state index is 9.31. The Morgan fingerprint density at radius 2 is 0.959 bits per heavy atom. The van der Waals surface area contributed by atoms with Crippen LogP contribution in [-0.4, -0.2) is 15.0 Å². The molecule has 0 saturated heterocycles. The summed E-state index contributed by atoms with van der Waals surface area (Å²) >= 11 is 0. The molecule has 2 aromatic heterocycles. The fourth-order valence-electron chi connectivity index (χ4n) is 5.94. The third-order valence-corrected chi connectivity index (χ3v) is 8.32. The van der Waals surface area contributed by atoms with Crippen molar-refractivity contribution in [1.29, 1.82) is 0 Å². The van der Waals surface area contributed by atoms with Gasteiger partial charge in [0, 0.05) is 27.5 Å². The number of rotatable bonds is 6. The molecule has 0 amide bonds. The lowest BCUT2D eigenvalue weighted by molar-refractivity contribution is 0.669. The molecule has 9 rings (SSSR count). The second-order valence-electron chi connectivity index (χ2n) is 11.4. The molecule has 49 heavy (non-hydrogen) atoms. The largest absolute Gasteiger partial charge is 0.456 e. The molecule has 9 aromatic rings. The van der Waals surface area contributed by atoms with E-state index in [0.717, 1.165) is 16.5 Å². The van der Waals surface area contributed by atoms with Gasteiger partial charge in [0.05, 0.1) is 12.3 Å².